The van der Waals surface area contributed by atoms with Gasteiger partial charge in [-0.2, -0.15) is 0 Å². The minimum atomic E-state index is -1.67. The summed E-state index contributed by atoms with van der Waals surface area (Å²) in [5.41, 5.74) is 33.9. The van der Waals surface area contributed by atoms with E-state index in [-0.39, 0.29) is 69.4 Å². The molecule has 460 valence electrons. The lowest BCUT2D eigenvalue weighted by Gasteiger charge is -2.30. The molecule has 0 unspecified atom stereocenters. The molecular weight excluding hydrogens is 1040 g/mol. The summed E-state index contributed by atoms with van der Waals surface area (Å²) in [5.74, 6) is -10.2. The number of nitrogens with two attached hydrogens (primary N) is 6. The number of nitrogens with zero attached hydrogens (tertiary/aromatic N) is 1. The van der Waals surface area contributed by atoms with Gasteiger partial charge in [-0.05, 0) is 121 Å². The van der Waals surface area contributed by atoms with Crippen LogP contribution in [0.5, 0.6) is 0 Å². The second kappa shape index (κ2) is 40.8. The van der Waals surface area contributed by atoms with Gasteiger partial charge >= 0.3 is 5.97 Å². The third-order valence-electron chi connectivity index (χ3n) is 13.3. The average Bonchev–Trinajstić information content (AvgIpc) is 3.40. The van der Waals surface area contributed by atoms with Gasteiger partial charge in [-0.25, -0.2) is 4.79 Å². The normalized spacial score (nSPS) is 15.7. The van der Waals surface area contributed by atoms with E-state index in [4.69, 9.17) is 34.4 Å². The van der Waals surface area contributed by atoms with E-state index in [0.717, 1.165) is 0 Å². The Labute approximate surface area is 470 Å². The van der Waals surface area contributed by atoms with Crippen LogP contribution in [0.1, 0.15) is 138 Å². The molecule has 12 atom stereocenters. The topological polar surface area (TPSA) is 508 Å². The van der Waals surface area contributed by atoms with Crippen LogP contribution >= 0.6 is 0 Å². The summed E-state index contributed by atoms with van der Waals surface area (Å²) in [5, 5.41) is 53.2. The second-order valence-corrected chi connectivity index (χ2v) is 20.6. The number of aliphatic hydroxyl groups is 2. The van der Waals surface area contributed by atoms with Crippen LogP contribution in [0.2, 0.25) is 0 Å². The number of aliphatic hydroxyl groups excluding tert-OH is 2. The van der Waals surface area contributed by atoms with E-state index < -0.39 is 139 Å². The molecule has 0 aliphatic heterocycles. The molecule has 29 heteroatoms. The van der Waals surface area contributed by atoms with Crippen LogP contribution in [0.3, 0.4) is 0 Å². The molecule has 0 aromatic rings. The molecule has 0 radical (unpaired) electrons. The number of hydrogen-bond donors (Lipinski definition) is 18. The van der Waals surface area contributed by atoms with Gasteiger partial charge in [0.2, 0.25) is 53.2 Å². The highest BCUT2D eigenvalue weighted by atomic mass is 16.4. The number of aliphatic imine (C=N–C) groups is 1. The van der Waals surface area contributed by atoms with Crippen LogP contribution in [-0.2, 0) is 47.9 Å². The Morgan fingerprint density at radius 1 is 0.487 bits per heavy atom. The number of carbonyl (C=O) groups is 10. The first-order valence-electron chi connectivity index (χ1n) is 27.9. The lowest BCUT2D eigenvalue weighted by atomic mass is 9.96. The molecule has 24 N–H and O–H groups in total. The van der Waals surface area contributed by atoms with E-state index >= 15 is 0 Å². The highest BCUT2D eigenvalue weighted by Gasteiger charge is 2.37. The quantitative estimate of drug-likeness (QED) is 0.0155. The molecule has 80 heavy (non-hydrogen) atoms. The largest absolute Gasteiger partial charge is 0.480 e. The van der Waals surface area contributed by atoms with Crippen molar-refractivity contribution in [3.8, 4) is 0 Å². The maximum Gasteiger partial charge on any atom is 0.326 e. The van der Waals surface area contributed by atoms with Crippen molar-refractivity contribution in [1.82, 2.24) is 47.9 Å². The van der Waals surface area contributed by atoms with Gasteiger partial charge in [-0.3, -0.25) is 48.1 Å². The number of rotatable bonds is 43. The van der Waals surface area contributed by atoms with Crippen LogP contribution in [-0.4, -0.2) is 180 Å². The molecule has 0 aromatic carbocycles. The van der Waals surface area contributed by atoms with Crippen molar-refractivity contribution in [1.29, 1.82) is 0 Å². The predicted molar refractivity (Wildman–Crippen MR) is 300 cm³/mol. The molecule has 29 nitrogen and oxygen atoms in total. The Balaban J connectivity index is 6.58. The lowest BCUT2D eigenvalue weighted by molar-refractivity contribution is -0.142. The number of carbonyl (C=O) groups excluding carboxylic acids is 9. The molecule has 0 aliphatic rings. The van der Waals surface area contributed by atoms with E-state index in [0.29, 0.717) is 64.5 Å². The summed E-state index contributed by atoms with van der Waals surface area (Å²) in [6.07, 6.45) is 2.30. The van der Waals surface area contributed by atoms with Crippen LogP contribution in [0.25, 0.3) is 0 Å². The maximum atomic E-state index is 14.3. The molecule has 0 aromatic heterocycles. The van der Waals surface area contributed by atoms with E-state index in [2.05, 4.69) is 52.8 Å². The molecule has 0 saturated heterocycles. The molecule has 0 spiro atoms. The van der Waals surface area contributed by atoms with Crippen molar-refractivity contribution in [2.24, 2.45) is 57.1 Å². The van der Waals surface area contributed by atoms with E-state index in [1.54, 1.807) is 34.6 Å². The van der Waals surface area contributed by atoms with E-state index in [1.165, 1.54) is 6.92 Å². The molecule has 0 heterocycles. The minimum absolute atomic E-state index is 0.00485. The maximum absolute atomic E-state index is 14.3. The van der Waals surface area contributed by atoms with Crippen LogP contribution in [0.15, 0.2) is 4.99 Å². The van der Waals surface area contributed by atoms with E-state index in [1.807, 2.05) is 6.92 Å². The SMILES string of the molecule is CC[C@H](C)[C@H](N)C(=O)N[C@@H](CO)C(=O)N[C@@H](CCCCN)C(=O)N[C@@H](CCCN=C(N)N)C(=O)N[C@H](C(=O)N[C@@H](CC(C)C)C(=O)N[C@H](C(=O)NCC(=O)N[C@@H](CCCCN)C(=O)N[C@@H](CCCCN)C(=O)O)[C@@H](C)O)[C@@H](C)CC. The van der Waals surface area contributed by atoms with Crippen molar-refractivity contribution in [2.45, 2.75) is 199 Å². The number of hydrogen-bond acceptors (Lipinski definition) is 17. The highest BCUT2D eigenvalue weighted by molar-refractivity contribution is 5.98. The van der Waals surface area contributed by atoms with Crippen LogP contribution in [0, 0.1) is 17.8 Å². The van der Waals surface area contributed by atoms with Gasteiger partial charge < -0.3 is 97.6 Å². The monoisotopic (exact) mass is 1140 g/mol. The first-order valence-corrected chi connectivity index (χ1v) is 27.9. The van der Waals surface area contributed by atoms with Gasteiger partial charge in [0.05, 0.1) is 25.3 Å². The first-order chi connectivity index (χ1) is 37.7. The van der Waals surface area contributed by atoms with Crippen molar-refractivity contribution < 1.29 is 63.3 Å². The van der Waals surface area contributed by atoms with Gasteiger partial charge in [-0.1, -0.05) is 54.4 Å². The predicted octanol–water partition coefficient (Wildman–Crippen LogP) is -4.66. The lowest BCUT2D eigenvalue weighted by Crippen LogP contribution is -2.62. The van der Waals surface area contributed by atoms with Gasteiger partial charge in [-0.15, -0.1) is 0 Å². The highest BCUT2D eigenvalue weighted by Crippen LogP contribution is 2.14. The summed E-state index contributed by atoms with van der Waals surface area (Å²) in [6, 6.07) is -11.9. The summed E-state index contributed by atoms with van der Waals surface area (Å²) in [6.45, 7) is 11.1. The van der Waals surface area contributed by atoms with Gasteiger partial charge in [0.1, 0.15) is 48.3 Å². The number of carboxylic acids is 1. The Morgan fingerprint density at radius 2 is 0.900 bits per heavy atom. The summed E-state index contributed by atoms with van der Waals surface area (Å²) >= 11 is 0. The molecule has 0 rings (SSSR count). The number of amides is 9. The van der Waals surface area contributed by atoms with Crippen molar-refractivity contribution >= 4 is 65.1 Å². The Bertz CT molecular complexity index is 1980. The van der Waals surface area contributed by atoms with Gasteiger partial charge in [0, 0.05) is 6.54 Å². The molecule has 9 amide bonds. The Hall–Kier alpha value is -6.27. The van der Waals surface area contributed by atoms with E-state index in [9.17, 15) is 63.3 Å². The average molecular weight is 1140 g/mol. The fraction of sp³-hybridized carbons (Fsp3) is 0.784. The van der Waals surface area contributed by atoms with Crippen molar-refractivity contribution in [3.63, 3.8) is 0 Å². The number of carboxylic acid groups (broad SMARTS) is 1. The molecular formula is C51H98N16O13. The third-order valence-corrected chi connectivity index (χ3v) is 13.3. The zero-order valence-electron chi connectivity index (χ0n) is 48.0. The van der Waals surface area contributed by atoms with Crippen molar-refractivity contribution in [3.05, 3.63) is 0 Å². The summed E-state index contributed by atoms with van der Waals surface area (Å²) < 4.78 is 0. The third kappa shape index (κ3) is 29.3. The Kier molecular flexibility index (Phi) is 37.6. The molecule has 0 bridgehead atoms. The zero-order chi connectivity index (χ0) is 61.1. The fourth-order valence-electron chi connectivity index (χ4n) is 7.94. The standard InChI is InChI=1S/C51H98N16O13/c1-8-29(5)39(55)47(76)65-37(27-68)46(75)62-33(18-11-14-22-53)43(72)61-34(20-16-24-58-51(56)57)44(73)66-40(30(6)9-2)49(78)64-36(25-28(3)4)45(74)67-41(31(7)69)48(77)59-26-38(70)60-32(17-10-13-21-52)42(71)63-35(50(79)80)19-12-15-23-54/h28-37,39-41,68-69H,8-27,52-55H2,1-7H3,(H,59,77)(H,60,70)(H,61,72)(H,62,75)(H,63,71)(H,64,78)(H,65,76)(H,66,73)(H,67,74)(H,79,80)(H4,56,57,58)/t29-,30-,31+,32-,33-,34-,35-,36-,37-,39-,40-,41-/m0/s1. The number of nitrogens with one attached hydrogen (secondary N) is 9. The molecule has 0 aliphatic carbocycles. The summed E-state index contributed by atoms with van der Waals surface area (Å²) in [4.78, 5) is 139. The van der Waals surface area contributed by atoms with Gasteiger partial charge in [0.15, 0.2) is 5.96 Å². The smallest absolute Gasteiger partial charge is 0.326 e. The van der Waals surface area contributed by atoms with Gasteiger partial charge in [0.25, 0.3) is 0 Å². The number of aliphatic carboxylic acids is 1. The van der Waals surface area contributed by atoms with Crippen LogP contribution in [0.4, 0.5) is 0 Å². The minimum Gasteiger partial charge on any atom is -0.480 e. The second-order valence-electron chi connectivity index (χ2n) is 20.6. The number of unbranched alkanes of at least 4 members (excludes halogenated alkanes) is 3. The number of guanidine groups is 1. The Morgan fingerprint density at radius 3 is 1.35 bits per heavy atom. The first kappa shape index (κ1) is 73.7. The molecule has 0 fully saturated rings. The van der Waals surface area contributed by atoms with Crippen LogP contribution < -0.4 is 82.3 Å². The fourth-order valence-corrected chi connectivity index (χ4v) is 7.94. The van der Waals surface area contributed by atoms with Crippen molar-refractivity contribution in [2.75, 3.05) is 39.3 Å². The molecule has 0 saturated carbocycles. The zero-order valence-corrected chi connectivity index (χ0v) is 48.0. The summed E-state index contributed by atoms with van der Waals surface area (Å²) in [7, 11) is 0.